The zero-order valence-electron chi connectivity index (χ0n) is 5.42. The minimum Gasteiger partial charge on any atom is -0.481 e. The van der Waals surface area contributed by atoms with E-state index in [4.69, 9.17) is 9.90 Å². The van der Waals surface area contributed by atoms with E-state index in [-0.39, 0.29) is 0 Å². The van der Waals surface area contributed by atoms with Gasteiger partial charge >= 0.3 is 0 Å². The van der Waals surface area contributed by atoms with Gasteiger partial charge in [-0.1, -0.05) is 6.08 Å². The van der Waals surface area contributed by atoms with E-state index in [0.717, 1.165) is 13.5 Å². The first-order valence-electron chi connectivity index (χ1n) is 2.81. The van der Waals surface area contributed by atoms with E-state index in [2.05, 4.69) is 11.4 Å². The first-order chi connectivity index (χ1) is 4.23. The summed E-state index contributed by atoms with van der Waals surface area (Å²) in [6.45, 7) is 2.22. The van der Waals surface area contributed by atoms with E-state index in [0.29, 0.717) is 0 Å². The average molecular weight is 129 g/mol. The van der Waals surface area contributed by atoms with Gasteiger partial charge < -0.3 is 10.4 Å². The van der Waals surface area contributed by atoms with E-state index in [1.807, 2.05) is 6.20 Å². The van der Waals surface area contributed by atoms with E-state index in [9.17, 15) is 0 Å². The second-order valence-corrected chi connectivity index (χ2v) is 1.66. The molecule has 1 aliphatic rings. The van der Waals surface area contributed by atoms with Crippen LogP contribution in [0, 0.1) is 0 Å². The Morgan fingerprint density at radius 1 is 1.78 bits per heavy atom. The molecule has 0 atom stereocenters. The second-order valence-electron chi connectivity index (χ2n) is 1.66. The number of aliphatic carboxylic acids is 1. The maximum absolute atomic E-state index is 9.00. The maximum atomic E-state index is 9.00. The normalized spacial score (nSPS) is 13.4. The Bertz CT molecular complexity index is 99.6. The molecule has 1 heterocycles. The Morgan fingerprint density at radius 2 is 2.33 bits per heavy atom. The predicted octanol–water partition coefficient (Wildman–Crippen LogP) is 0.584. The highest BCUT2D eigenvalue weighted by Crippen LogP contribution is 1.84. The summed E-state index contributed by atoms with van der Waals surface area (Å²) in [6.07, 6.45) is 5.32. The van der Waals surface area contributed by atoms with Gasteiger partial charge in [0.1, 0.15) is 0 Å². The predicted molar refractivity (Wildman–Crippen MR) is 35.1 cm³/mol. The van der Waals surface area contributed by atoms with Crippen LogP contribution in [0.15, 0.2) is 12.3 Å². The Balaban J connectivity index is 0.000000148. The molecule has 0 fully saturated rings. The lowest BCUT2D eigenvalue weighted by Gasteiger charge is -1.78. The van der Waals surface area contributed by atoms with Gasteiger partial charge in [0.25, 0.3) is 5.97 Å². The van der Waals surface area contributed by atoms with Gasteiger partial charge in [-0.3, -0.25) is 4.79 Å². The third-order valence-electron chi connectivity index (χ3n) is 0.691. The van der Waals surface area contributed by atoms with Gasteiger partial charge in [-0.25, -0.2) is 0 Å². The summed E-state index contributed by atoms with van der Waals surface area (Å²) in [5, 5.41) is 10.5. The maximum Gasteiger partial charge on any atom is 0.300 e. The van der Waals surface area contributed by atoms with Crippen molar-refractivity contribution in [1.29, 1.82) is 0 Å². The molecule has 3 nitrogen and oxygen atoms in total. The van der Waals surface area contributed by atoms with Crippen LogP contribution in [0.5, 0.6) is 0 Å². The van der Waals surface area contributed by atoms with Crippen LogP contribution in [0.2, 0.25) is 0 Å². The number of carbonyl (C=O) groups is 1. The molecule has 0 bridgehead atoms. The fraction of sp³-hybridized carbons (Fsp3) is 0.500. The number of nitrogens with one attached hydrogen (secondary N) is 1. The van der Waals surface area contributed by atoms with Crippen LogP contribution < -0.4 is 5.32 Å². The molecule has 0 amide bonds. The molecule has 1 aliphatic heterocycles. The Morgan fingerprint density at radius 3 is 2.44 bits per heavy atom. The van der Waals surface area contributed by atoms with E-state index >= 15 is 0 Å². The molecular weight excluding hydrogens is 118 g/mol. The quantitative estimate of drug-likeness (QED) is 0.503. The van der Waals surface area contributed by atoms with Crippen LogP contribution in [0.4, 0.5) is 0 Å². The molecule has 0 saturated heterocycles. The highest BCUT2D eigenvalue weighted by Gasteiger charge is 1.81. The third kappa shape index (κ3) is 10.9. The van der Waals surface area contributed by atoms with Crippen molar-refractivity contribution in [2.75, 3.05) is 6.54 Å². The summed E-state index contributed by atoms with van der Waals surface area (Å²) in [5.74, 6) is -0.833. The fourth-order valence-corrected chi connectivity index (χ4v) is 0.417. The number of carboxylic acids is 1. The summed E-state index contributed by atoms with van der Waals surface area (Å²) < 4.78 is 0. The van der Waals surface area contributed by atoms with Crippen LogP contribution >= 0.6 is 0 Å². The van der Waals surface area contributed by atoms with Crippen molar-refractivity contribution in [3.8, 4) is 0 Å². The van der Waals surface area contributed by atoms with Crippen molar-refractivity contribution in [3.63, 3.8) is 0 Å². The minimum atomic E-state index is -0.833. The molecule has 0 aromatic heterocycles. The molecule has 0 aromatic carbocycles. The monoisotopic (exact) mass is 129 g/mol. The molecule has 0 spiro atoms. The van der Waals surface area contributed by atoms with Gasteiger partial charge in [0.2, 0.25) is 0 Å². The molecular formula is C6H11NO2. The van der Waals surface area contributed by atoms with Gasteiger partial charge in [0.15, 0.2) is 0 Å². The minimum absolute atomic E-state index is 0.833. The molecule has 0 unspecified atom stereocenters. The molecule has 3 heteroatoms. The Hall–Kier alpha value is -0.990. The summed E-state index contributed by atoms with van der Waals surface area (Å²) >= 11 is 0. The summed E-state index contributed by atoms with van der Waals surface area (Å²) in [4.78, 5) is 9.00. The molecule has 0 aromatic rings. The van der Waals surface area contributed by atoms with Crippen LogP contribution in [-0.4, -0.2) is 17.6 Å². The van der Waals surface area contributed by atoms with Crippen molar-refractivity contribution in [3.05, 3.63) is 12.3 Å². The van der Waals surface area contributed by atoms with E-state index in [1.54, 1.807) is 0 Å². The lowest BCUT2D eigenvalue weighted by Crippen LogP contribution is -1.96. The zero-order chi connectivity index (χ0) is 7.11. The van der Waals surface area contributed by atoms with Crippen molar-refractivity contribution in [2.45, 2.75) is 13.3 Å². The molecule has 2 N–H and O–H groups in total. The van der Waals surface area contributed by atoms with Gasteiger partial charge in [-0.05, 0) is 12.6 Å². The Kier molecular flexibility index (Phi) is 4.59. The summed E-state index contributed by atoms with van der Waals surface area (Å²) in [6, 6.07) is 0. The molecule has 0 radical (unpaired) electrons. The van der Waals surface area contributed by atoms with Gasteiger partial charge in [-0.2, -0.15) is 0 Å². The van der Waals surface area contributed by atoms with Gasteiger partial charge in [-0.15, -0.1) is 0 Å². The summed E-state index contributed by atoms with van der Waals surface area (Å²) in [7, 11) is 0. The largest absolute Gasteiger partial charge is 0.481 e. The molecule has 52 valence electrons. The molecule has 0 saturated carbocycles. The average Bonchev–Trinajstić information content (AvgIpc) is 2.11. The standard InChI is InChI=1S/C4H7N.C2H4O2/c1-2-4-5-3-1;1-2(3)4/h1,3,5H,2,4H2;1H3,(H,3,4). The lowest BCUT2D eigenvalue weighted by molar-refractivity contribution is -0.134. The van der Waals surface area contributed by atoms with Crippen LogP contribution in [0.3, 0.4) is 0 Å². The smallest absolute Gasteiger partial charge is 0.300 e. The van der Waals surface area contributed by atoms with Crippen LogP contribution in [0.1, 0.15) is 13.3 Å². The highest BCUT2D eigenvalue weighted by molar-refractivity contribution is 5.62. The number of hydrogen-bond donors (Lipinski definition) is 2. The van der Waals surface area contributed by atoms with Crippen molar-refractivity contribution < 1.29 is 9.90 Å². The molecule has 9 heavy (non-hydrogen) atoms. The fourth-order valence-electron chi connectivity index (χ4n) is 0.417. The van der Waals surface area contributed by atoms with Crippen molar-refractivity contribution >= 4 is 5.97 Å². The topological polar surface area (TPSA) is 49.3 Å². The lowest BCUT2D eigenvalue weighted by atomic mass is 10.5. The van der Waals surface area contributed by atoms with Gasteiger partial charge in [0, 0.05) is 13.5 Å². The zero-order valence-corrected chi connectivity index (χ0v) is 5.42. The van der Waals surface area contributed by atoms with Crippen LogP contribution in [0.25, 0.3) is 0 Å². The summed E-state index contributed by atoms with van der Waals surface area (Å²) in [5.41, 5.74) is 0. The highest BCUT2D eigenvalue weighted by atomic mass is 16.4. The second kappa shape index (κ2) is 5.15. The van der Waals surface area contributed by atoms with Crippen molar-refractivity contribution in [1.82, 2.24) is 5.32 Å². The third-order valence-corrected chi connectivity index (χ3v) is 0.691. The first kappa shape index (κ1) is 8.01. The van der Waals surface area contributed by atoms with Gasteiger partial charge in [0.05, 0.1) is 0 Å². The van der Waals surface area contributed by atoms with E-state index < -0.39 is 5.97 Å². The number of hydrogen-bond acceptors (Lipinski definition) is 2. The number of rotatable bonds is 0. The first-order valence-corrected chi connectivity index (χ1v) is 2.81. The van der Waals surface area contributed by atoms with E-state index in [1.165, 1.54) is 6.42 Å². The molecule has 1 rings (SSSR count). The Labute approximate surface area is 54.4 Å². The van der Waals surface area contributed by atoms with Crippen molar-refractivity contribution in [2.24, 2.45) is 0 Å². The van der Waals surface area contributed by atoms with Crippen LogP contribution in [-0.2, 0) is 4.79 Å². The molecule has 0 aliphatic carbocycles. The SMILES string of the molecule is C1=CNCC1.CC(=O)O. The number of carboxylic acid groups (broad SMARTS) is 1.